The summed E-state index contributed by atoms with van der Waals surface area (Å²) >= 11 is 0. The SMILES string of the molecule is CCCOc1c2c(cc3ccccc13)CN(c1ccc(CC(=O)O)cc1)C2=O. The van der Waals surface area contributed by atoms with E-state index >= 15 is 0 Å². The molecule has 1 heterocycles. The fourth-order valence-corrected chi connectivity index (χ4v) is 3.64. The molecule has 1 amide bonds. The van der Waals surface area contributed by atoms with Gasteiger partial charge < -0.3 is 14.7 Å². The van der Waals surface area contributed by atoms with E-state index in [-0.39, 0.29) is 12.3 Å². The maximum Gasteiger partial charge on any atom is 0.307 e. The number of ether oxygens (including phenoxy) is 1. The van der Waals surface area contributed by atoms with Crippen molar-refractivity contribution < 1.29 is 19.4 Å². The zero-order valence-corrected chi connectivity index (χ0v) is 15.6. The third kappa shape index (κ3) is 3.20. The highest BCUT2D eigenvalue weighted by molar-refractivity contribution is 6.15. The topological polar surface area (TPSA) is 66.8 Å². The molecule has 1 aliphatic rings. The van der Waals surface area contributed by atoms with E-state index in [9.17, 15) is 9.59 Å². The van der Waals surface area contributed by atoms with E-state index in [0.29, 0.717) is 30.0 Å². The Labute approximate surface area is 163 Å². The Morgan fingerprint density at radius 3 is 2.61 bits per heavy atom. The van der Waals surface area contributed by atoms with Gasteiger partial charge in [-0.1, -0.05) is 43.3 Å². The Morgan fingerprint density at radius 2 is 1.89 bits per heavy atom. The molecule has 0 atom stereocenters. The van der Waals surface area contributed by atoms with Gasteiger partial charge in [-0.15, -0.1) is 0 Å². The minimum atomic E-state index is -0.873. The average Bonchev–Trinajstić information content (AvgIpc) is 3.02. The molecule has 0 fully saturated rings. The van der Waals surface area contributed by atoms with E-state index in [0.717, 1.165) is 28.4 Å². The van der Waals surface area contributed by atoms with Gasteiger partial charge in [-0.25, -0.2) is 0 Å². The monoisotopic (exact) mass is 375 g/mol. The molecule has 3 aromatic carbocycles. The molecule has 0 spiro atoms. The number of benzene rings is 3. The minimum absolute atomic E-state index is 0.0329. The highest BCUT2D eigenvalue weighted by atomic mass is 16.5. The third-order valence-electron chi connectivity index (χ3n) is 4.92. The van der Waals surface area contributed by atoms with Gasteiger partial charge in [0.15, 0.2) is 0 Å². The third-order valence-corrected chi connectivity index (χ3v) is 4.92. The number of carbonyl (C=O) groups excluding carboxylic acids is 1. The second kappa shape index (κ2) is 7.35. The first kappa shape index (κ1) is 18.0. The maximum absolute atomic E-state index is 13.2. The van der Waals surface area contributed by atoms with Crippen molar-refractivity contribution in [3.05, 3.63) is 71.3 Å². The Kier molecular flexibility index (Phi) is 4.74. The van der Waals surface area contributed by atoms with Crippen LogP contribution in [-0.4, -0.2) is 23.6 Å². The van der Waals surface area contributed by atoms with E-state index in [1.807, 2.05) is 31.2 Å². The van der Waals surface area contributed by atoms with Gasteiger partial charge in [0.25, 0.3) is 5.91 Å². The molecular weight excluding hydrogens is 354 g/mol. The quantitative estimate of drug-likeness (QED) is 0.693. The Hall–Kier alpha value is -3.34. The number of carboxylic acids is 1. The summed E-state index contributed by atoms with van der Waals surface area (Å²) in [5.74, 6) is -0.301. The molecule has 4 rings (SSSR count). The lowest BCUT2D eigenvalue weighted by Gasteiger charge is -2.16. The van der Waals surface area contributed by atoms with Gasteiger partial charge in [-0.3, -0.25) is 9.59 Å². The molecule has 0 bridgehead atoms. The van der Waals surface area contributed by atoms with Gasteiger partial charge in [-0.05, 0) is 41.1 Å². The first-order valence-electron chi connectivity index (χ1n) is 9.38. The fraction of sp³-hybridized carbons (Fsp3) is 0.217. The van der Waals surface area contributed by atoms with Crippen molar-refractivity contribution >= 4 is 28.3 Å². The lowest BCUT2D eigenvalue weighted by molar-refractivity contribution is -0.136. The number of carbonyl (C=O) groups is 2. The second-order valence-electron chi connectivity index (χ2n) is 6.94. The van der Waals surface area contributed by atoms with Crippen molar-refractivity contribution in [3.63, 3.8) is 0 Å². The van der Waals surface area contributed by atoms with Crippen LogP contribution in [0.4, 0.5) is 5.69 Å². The standard InChI is InChI=1S/C23H21NO4/c1-2-11-28-22-19-6-4-3-5-16(19)13-17-14-24(23(27)21(17)22)18-9-7-15(8-10-18)12-20(25)26/h3-10,13H,2,11-12,14H2,1H3,(H,25,26). The molecule has 5 nitrogen and oxygen atoms in total. The van der Waals surface area contributed by atoms with Gasteiger partial charge in [0.05, 0.1) is 25.1 Å². The maximum atomic E-state index is 13.2. The molecule has 28 heavy (non-hydrogen) atoms. The lowest BCUT2D eigenvalue weighted by atomic mass is 10.0. The highest BCUT2D eigenvalue weighted by Gasteiger charge is 2.33. The van der Waals surface area contributed by atoms with Gasteiger partial charge in [-0.2, -0.15) is 0 Å². The largest absolute Gasteiger partial charge is 0.492 e. The summed E-state index contributed by atoms with van der Waals surface area (Å²) < 4.78 is 6.02. The number of carboxylic acid groups (broad SMARTS) is 1. The predicted molar refractivity (Wildman–Crippen MR) is 108 cm³/mol. The molecule has 3 aromatic rings. The van der Waals surface area contributed by atoms with E-state index < -0.39 is 5.97 Å². The van der Waals surface area contributed by atoms with Crippen LogP contribution in [0.5, 0.6) is 5.75 Å². The first-order valence-corrected chi connectivity index (χ1v) is 9.38. The van der Waals surface area contributed by atoms with Crippen LogP contribution in [0.25, 0.3) is 10.8 Å². The van der Waals surface area contributed by atoms with E-state index in [2.05, 4.69) is 6.07 Å². The zero-order chi connectivity index (χ0) is 19.7. The molecular formula is C23H21NO4. The molecule has 1 N–H and O–H groups in total. The molecule has 0 aliphatic carbocycles. The number of anilines is 1. The van der Waals surface area contributed by atoms with Crippen molar-refractivity contribution in [2.24, 2.45) is 0 Å². The van der Waals surface area contributed by atoms with Gasteiger partial charge in [0.2, 0.25) is 0 Å². The van der Waals surface area contributed by atoms with E-state index in [1.54, 1.807) is 29.2 Å². The molecule has 142 valence electrons. The second-order valence-corrected chi connectivity index (χ2v) is 6.94. The van der Waals surface area contributed by atoms with Crippen LogP contribution in [0.1, 0.15) is 34.8 Å². The molecule has 5 heteroatoms. The minimum Gasteiger partial charge on any atom is -0.492 e. The Morgan fingerprint density at radius 1 is 1.14 bits per heavy atom. The van der Waals surface area contributed by atoms with Crippen LogP contribution >= 0.6 is 0 Å². The van der Waals surface area contributed by atoms with Crippen LogP contribution in [0.3, 0.4) is 0 Å². The number of fused-ring (bicyclic) bond motifs is 2. The van der Waals surface area contributed by atoms with Crippen molar-refractivity contribution in [2.45, 2.75) is 26.3 Å². The summed E-state index contributed by atoms with van der Waals surface area (Å²) in [4.78, 5) is 25.8. The van der Waals surface area contributed by atoms with Crippen LogP contribution in [0, 0.1) is 0 Å². The summed E-state index contributed by atoms with van der Waals surface area (Å²) in [6.45, 7) is 3.07. The van der Waals surface area contributed by atoms with Crippen LogP contribution in [0.2, 0.25) is 0 Å². The number of amides is 1. The summed E-state index contributed by atoms with van der Waals surface area (Å²) in [7, 11) is 0. The van der Waals surface area contributed by atoms with Gasteiger partial charge >= 0.3 is 5.97 Å². The van der Waals surface area contributed by atoms with Crippen molar-refractivity contribution in [3.8, 4) is 5.75 Å². The molecule has 1 aliphatic heterocycles. The molecule has 0 radical (unpaired) electrons. The first-order chi connectivity index (χ1) is 13.6. The van der Waals surface area contributed by atoms with E-state index in [1.165, 1.54) is 0 Å². The lowest BCUT2D eigenvalue weighted by Crippen LogP contribution is -2.23. The van der Waals surface area contributed by atoms with Gasteiger partial charge in [0, 0.05) is 11.1 Å². The number of rotatable bonds is 6. The molecule has 0 aromatic heterocycles. The highest BCUT2D eigenvalue weighted by Crippen LogP contribution is 2.39. The molecule has 0 saturated carbocycles. The van der Waals surface area contributed by atoms with Crippen molar-refractivity contribution in [1.29, 1.82) is 0 Å². The van der Waals surface area contributed by atoms with E-state index in [4.69, 9.17) is 9.84 Å². The zero-order valence-electron chi connectivity index (χ0n) is 15.6. The average molecular weight is 375 g/mol. The number of hydrogen-bond donors (Lipinski definition) is 1. The Bertz CT molecular complexity index is 1060. The normalized spacial score (nSPS) is 13.0. The summed E-state index contributed by atoms with van der Waals surface area (Å²) in [5.41, 5.74) is 3.03. The van der Waals surface area contributed by atoms with Crippen molar-refractivity contribution in [1.82, 2.24) is 0 Å². The smallest absolute Gasteiger partial charge is 0.307 e. The fourth-order valence-electron chi connectivity index (χ4n) is 3.64. The van der Waals surface area contributed by atoms with Gasteiger partial charge in [0.1, 0.15) is 5.75 Å². The number of nitrogens with zero attached hydrogens (tertiary/aromatic N) is 1. The number of hydrogen-bond acceptors (Lipinski definition) is 3. The van der Waals surface area contributed by atoms with Crippen LogP contribution < -0.4 is 9.64 Å². The Balaban J connectivity index is 1.73. The van der Waals surface area contributed by atoms with Crippen molar-refractivity contribution in [2.75, 3.05) is 11.5 Å². The predicted octanol–water partition coefficient (Wildman–Crippen LogP) is 4.42. The number of aliphatic carboxylic acids is 1. The van der Waals surface area contributed by atoms with Crippen LogP contribution in [-0.2, 0) is 17.8 Å². The molecule has 0 unspecified atom stereocenters. The summed E-state index contributed by atoms with van der Waals surface area (Å²) in [6, 6.07) is 17.1. The summed E-state index contributed by atoms with van der Waals surface area (Å²) in [5, 5.41) is 10.9. The summed E-state index contributed by atoms with van der Waals surface area (Å²) in [6.07, 6.45) is 0.829. The van der Waals surface area contributed by atoms with Crippen LogP contribution in [0.15, 0.2) is 54.6 Å². The molecule has 0 saturated heterocycles.